The van der Waals surface area contributed by atoms with E-state index in [1.807, 2.05) is 0 Å². The van der Waals surface area contributed by atoms with Gasteiger partial charge in [-0.2, -0.15) is 0 Å². The molecule has 0 heterocycles. The Bertz CT molecular complexity index is 313. The van der Waals surface area contributed by atoms with E-state index in [0.717, 1.165) is 24.3 Å². The summed E-state index contributed by atoms with van der Waals surface area (Å²) in [6, 6.07) is 0. The second-order valence-corrected chi connectivity index (χ2v) is 7.53. The standard InChI is InChI=1S/C11H21NO2S/c1-15(13,14)5-4-12-8-11-7-9-2-3-10(11)6-9/h9-12H,2-8H2,1H3. The molecule has 3 nitrogen and oxygen atoms in total. The third kappa shape index (κ3) is 3.18. The first-order valence-corrected chi connectivity index (χ1v) is 7.99. The summed E-state index contributed by atoms with van der Waals surface area (Å²) in [6.45, 7) is 1.64. The highest BCUT2D eigenvalue weighted by atomic mass is 32.2. The number of rotatable bonds is 5. The maximum absolute atomic E-state index is 10.9. The molecule has 2 fully saturated rings. The molecule has 0 aromatic heterocycles. The van der Waals surface area contributed by atoms with Gasteiger partial charge in [0.2, 0.25) is 0 Å². The molecule has 4 heteroatoms. The first-order valence-electron chi connectivity index (χ1n) is 5.93. The summed E-state index contributed by atoms with van der Waals surface area (Å²) in [5.41, 5.74) is 0. The Balaban J connectivity index is 1.63. The molecule has 2 aliphatic rings. The Morgan fingerprint density at radius 3 is 2.60 bits per heavy atom. The number of fused-ring (bicyclic) bond motifs is 2. The fourth-order valence-electron chi connectivity index (χ4n) is 3.17. The molecule has 88 valence electrons. The summed E-state index contributed by atoms with van der Waals surface area (Å²) >= 11 is 0. The molecule has 2 bridgehead atoms. The van der Waals surface area contributed by atoms with Crippen molar-refractivity contribution in [2.75, 3.05) is 25.1 Å². The zero-order valence-corrected chi connectivity index (χ0v) is 10.2. The van der Waals surface area contributed by atoms with E-state index in [-0.39, 0.29) is 5.75 Å². The molecule has 0 aliphatic heterocycles. The van der Waals surface area contributed by atoms with Crippen molar-refractivity contribution in [3.8, 4) is 0 Å². The van der Waals surface area contributed by atoms with E-state index in [2.05, 4.69) is 5.32 Å². The van der Waals surface area contributed by atoms with Crippen LogP contribution in [0, 0.1) is 17.8 Å². The van der Waals surface area contributed by atoms with Crippen LogP contribution in [0.1, 0.15) is 25.7 Å². The lowest BCUT2D eigenvalue weighted by Crippen LogP contribution is -2.30. The molecule has 1 N–H and O–H groups in total. The smallest absolute Gasteiger partial charge is 0.148 e. The van der Waals surface area contributed by atoms with Crippen LogP contribution in [0.4, 0.5) is 0 Å². The van der Waals surface area contributed by atoms with Crippen LogP contribution in [0.15, 0.2) is 0 Å². The zero-order valence-electron chi connectivity index (χ0n) is 9.41. The van der Waals surface area contributed by atoms with E-state index in [0.29, 0.717) is 6.54 Å². The van der Waals surface area contributed by atoms with Gasteiger partial charge in [0.15, 0.2) is 0 Å². The van der Waals surface area contributed by atoms with Gasteiger partial charge in [0.05, 0.1) is 5.75 Å². The Hall–Kier alpha value is -0.0900. The molecule has 0 spiro atoms. The van der Waals surface area contributed by atoms with Crippen LogP contribution in [0.2, 0.25) is 0 Å². The third-order valence-corrected chi connectivity index (χ3v) is 4.89. The average Bonchev–Trinajstić information content (AvgIpc) is 2.71. The molecule has 2 aliphatic carbocycles. The van der Waals surface area contributed by atoms with E-state index < -0.39 is 9.84 Å². The van der Waals surface area contributed by atoms with Crippen molar-refractivity contribution in [2.24, 2.45) is 17.8 Å². The van der Waals surface area contributed by atoms with E-state index in [4.69, 9.17) is 0 Å². The van der Waals surface area contributed by atoms with E-state index >= 15 is 0 Å². The summed E-state index contributed by atoms with van der Waals surface area (Å²) in [5.74, 6) is 3.01. The second kappa shape index (κ2) is 4.42. The van der Waals surface area contributed by atoms with Crippen LogP contribution in [-0.4, -0.2) is 33.5 Å². The number of hydrogen-bond donors (Lipinski definition) is 1. The van der Waals surface area contributed by atoms with Gasteiger partial charge in [0.25, 0.3) is 0 Å². The lowest BCUT2D eigenvalue weighted by atomic mass is 9.89. The molecule has 0 saturated heterocycles. The number of sulfone groups is 1. The summed E-state index contributed by atoms with van der Waals surface area (Å²) in [5, 5.41) is 3.29. The molecule has 0 aromatic rings. The Morgan fingerprint density at radius 2 is 2.07 bits per heavy atom. The quantitative estimate of drug-likeness (QED) is 0.720. The van der Waals surface area contributed by atoms with Gasteiger partial charge in [-0.1, -0.05) is 6.42 Å². The molecule has 3 unspecified atom stereocenters. The lowest BCUT2D eigenvalue weighted by Gasteiger charge is -2.21. The first kappa shape index (κ1) is 11.4. The van der Waals surface area contributed by atoms with Crippen molar-refractivity contribution in [1.29, 1.82) is 0 Å². The van der Waals surface area contributed by atoms with Gasteiger partial charge in [-0.25, -0.2) is 8.42 Å². The van der Waals surface area contributed by atoms with Gasteiger partial charge >= 0.3 is 0 Å². The lowest BCUT2D eigenvalue weighted by molar-refractivity contribution is 0.321. The largest absolute Gasteiger partial charge is 0.315 e. The SMILES string of the molecule is CS(=O)(=O)CCNCC1CC2CCC1C2. The van der Waals surface area contributed by atoms with Gasteiger partial charge in [-0.3, -0.25) is 0 Å². The highest BCUT2D eigenvalue weighted by Gasteiger charge is 2.38. The molecular formula is C11H21NO2S. The minimum Gasteiger partial charge on any atom is -0.315 e. The highest BCUT2D eigenvalue weighted by molar-refractivity contribution is 7.90. The van der Waals surface area contributed by atoms with Crippen LogP contribution >= 0.6 is 0 Å². The maximum Gasteiger partial charge on any atom is 0.148 e. The van der Waals surface area contributed by atoms with Gasteiger partial charge in [0, 0.05) is 12.8 Å². The van der Waals surface area contributed by atoms with Crippen LogP contribution in [0.25, 0.3) is 0 Å². The fourth-order valence-corrected chi connectivity index (χ4v) is 3.69. The minimum absolute atomic E-state index is 0.272. The van der Waals surface area contributed by atoms with E-state index in [9.17, 15) is 8.42 Å². The third-order valence-electron chi connectivity index (χ3n) is 3.94. The van der Waals surface area contributed by atoms with Crippen molar-refractivity contribution >= 4 is 9.84 Å². The highest BCUT2D eigenvalue weighted by Crippen LogP contribution is 2.47. The predicted molar refractivity (Wildman–Crippen MR) is 61.5 cm³/mol. The van der Waals surface area contributed by atoms with Gasteiger partial charge in [0.1, 0.15) is 9.84 Å². The normalized spacial score (nSPS) is 34.9. The van der Waals surface area contributed by atoms with Crippen LogP contribution in [0.3, 0.4) is 0 Å². The number of hydrogen-bond acceptors (Lipinski definition) is 3. The molecule has 15 heavy (non-hydrogen) atoms. The van der Waals surface area contributed by atoms with Gasteiger partial charge in [-0.15, -0.1) is 0 Å². The van der Waals surface area contributed by atoms with Crippen molar-refractivity contribution in [3.05, 3.63) is 0 Å². The van der Waals surface area contributed by atoms with Crippen LogP contribution in [-0.2, 0) is 9.84 Å². The molecule has 0 radical (unpaired) electrons. The topological polar surface area (TPSA) is 46.2 Å². The summed E-state index contributed by atoms with van der Waals surface area (Å²) in [7, 11) is -2.79. The molecule has 3 atom stereocenters. The predicted octanol–water partition coefficient (Wildman–Crippen LogP) is 1.06. The summed E-state index contributed by atoms with van der Waals surface area (Å²) in [6.07, 6.45) is 6.94. The molecular weight excluding hydrogens is 210 g/mol. The maximum atomic E-state index is 10.9. The Labute approximate surface area is 92.6 Å². The van der Waals surface area contributed by atoms with Crippen molar-refractivity contribution in [2.45, 2.75) is 25.7 Å². The van der Waals surface area contributed by atoms with Gasteiger partial charge < -0.3 is 5.32 Å². The summed E-state index contributed by atoms with van der Waals surface area (Å²) < 4.78 is 21.8. The second-order valence-electron chi connectivity index (χ2n) is 5.27. The van der Waals surface area contributed by atoms with Crippen LogP contribution < -0.4 is 5.32 Å². The zero-order chi connectivity index (χ0) is 10.9. The average molecular weight is 231 g/mol. The fraction of sp³-hybridized carbons (Fsp3) is 1.00. The summed E-state index contributed by atoms with van der Waals surface area (Å²) in [4.78, 5) is 0. The van der Waals surface area contributed by atoms with E-state index in [1.165, 1.54) is 31.9 Å². The van der Waals surface area contributed by atoms with Crippen LogP contribution in [0.5, 0.6) is 0 Å². The number of nitrogens with one attached hydrogen (secondary N) is 1. The van der Waals surface area contributed by atoms with E-state index in [1.54, 1.807) is 0 Å². The Kier molecular flexibility index (Phi) is 3.36. The monoisotopic (exact) mass is 231 g/mol. The molecule has 0 amide bonds. The minimum atomic E-state index is -2.79. The van der Waals surface area contributed by atoms with Gasteiger partial charge in [-0.05, 0) is 43.6 Å². The van der Waals surface area contributed by atoms with Crippen molar-refractivity contribution < 1.29 is 8.42 Å². The first-order chi connectivity index (χ1) is 7.04. The van der Waals surface area contributed by atoms with Crippen molar-refractivity contribution in [3.63, 3.8) is 0 Å². The Morgan fingerprint density at radius 1 is 1.27 bits per heavy atom. The van der Waals surface area contributed by atoms with Crippen molar-refractivity contribution in [1.82, 2.24) is 5.32 Å². The molecule has 0 aromatic carbocycles. The molecule has 2 saturated carbocycles. The molecule has 2 rings (SSSR count).